The van der Waals surface area contributed by atoms with E-state index in [1.54, 1.807) is 16.8 Å². The molecule has 1 saturated heterocycles. The fourth-order valence-electron chi connectivity index (χ4n) is 2.61. The molecule has 1 aromatic rings. The molecule has 6 heteroatoms. The lowest BCUT2D eigenvalue weighted by Gasteiger charge is -2.32. The molecule has 20 heavy (non-hydrogen) atoms. The molecule has 1 aliphatic heterocycles. The molecule has 0 aromatic carbocycles. The van der Waals surface area contributed by atoms with E-state index in [0.29, 0.717) is 31.7 Å². The Morgan fingerprint density at radius 2 is 2.30 bits per heavy atom. The number of likely N-dealkylation sites (tertiary alicyclic amines) is 1. The van der Waals surface area contributed by atoms with E-state index in [1.165, 1.54) is 0 Å². The van der Waals surface area contributed by atoms with Gasteiger partial charge in [-0.15, -0.1) is 11.3 Å². The summed E-state index contributed by atoms with van der Waals surface area (Å²) in [7, 11) is 0. The van der Waals surface area contributed by atoms with E-state index in [0.717, 1.165) is 25.1 Å². The van der Waals surface area contributed by atoms with Crippen LogP contribution in [0.1, 0.15) is 37.8 Å². The number of carbonyl (C=O) groups excluding carboxylic acids is 1. The number of carboxylic acid groups (broad SMARTS) is 1. The van der Waals surface area contributed by atoms with Gasteiger partial charge in [0.05, 0.1) is 11.2 Å². The van der Waals surface area contributed by atoms with Gasteiger partial charge < -0.3 is 10.0 Å². The maximum absolute atomic E-state index is 12.2. The number of thiazole rings is 1. The van der Waals surface area contributed by atoms with Crippen molar-refractivity contribution in [3.05, 3.63) is 16.6 Å². The number of hydrogen-bond acceptors (Lipinski definition) is 4. The van der Waals surface area contributed by atoms with Crippen molar-refractivity contribution in [1.82, 2.24) is 9.88 Å². The van der Waals surface area contributed by atoms with Crippen molar-refractivity contribution in [2.45, 2.75) is 38.5 Å². The second-order valence-electron chi connectivity index (χ2n) is 5.26. The van der Waals surface area contributed by atoms with E-state index in [4.69, 9.17) is 5.11 Å². The Kier molecular flexibility index (Phi) is 5.52. The summed E-state index contributed by atoms with van der Waals surface area (Å²) < 4.78 is 0. The average Bonchev–Trinajstić information content (AvgIpc) is 2.96. The Morgan fingerprint density at radius 3 is 3.00 bits per heavy atom. The van der Waals surface area contributed by atoms with Gasteiger partial charge in [0.25, 0.3) is 0 Å². The minimum atomic E-state index is -0.753. The molecule has 1 amide bonds. The van der Waals surface area contributed by atoms with Gasteiger partial charge >= 0.3 is 5.97 Å². The number of carboxylic acids is 1. The summed E-state index contributed by atoms with van der Waals surface area (Å²) in [6.07, 6.45) is 4.07. The molecule has 1 aliphatic rings. The number of aliphatic carboxylic acids is 1. The van der Waals surface area contributed by atoms with Crippen molar-refractivity contribution in [2.24, 2.45) is 5.92 Å². The fraction of sp³-hybridized carbons (Fsp3) is 0.643. The molecule has 5 nitrogen and oxygen atoms in total. The minimum Gasteiger partial charge on any atom is -0.481 e. The van der Waals surface area contributed by atoms with Crippen LogP contribution < -0.4 is 0 Å². The van der Waals surface area contributed by atoms with Gasteiger partial charge in [-0.3, -0.25) is 9.59 Å². The smallest absolute Gasteiger partial charge is 0.303 e. The molecule has 1 unspecified atom stereocenters. The summed E-state index contributed by atoms with van der Waals surface area (Å²) in [5.41, 5.74) is 2.76. The summed E-state index contributed by atoms with van der Waals surface area (Å²) in [4.78, 5) is 28.8. The number of rotatable bonds is 6. The van der Waals surface area contributed by atoms with Crippen molar-refractivity contribution in [3.63, 3.8) is 0 Å². The van der Waals surface area contributed by atoms with E-state index >= 15 is 0 Å². The van der Waals surface area contributed by atoms with Gasteiger partial charge in [-0.2, -0.15) is 0 Å². The van der Waals surface area contributed by atoms with Crippen LogP contribution in [0.3, 0.4) is 0 Å². The molecule has 2 heterocycles. The van der Waals surface area contributed by atoms with Crippen LogP contribution in [0, 0.1) is 5.92 Å². The molecule has 1 fully saturated rings. The van der Waals surface area contributed by atoms with Crippen LogP contribution in [0.4, 0.5) is 0 Å². The third-order valence-corrected chi connectivity index (χ3v) is 4.35. The van der Waals surface area contributed by atoms with Crippen LogP contribution in [0.15, 0.2) is 10.9 Å². The SMILES string of the molecule is O=C(O)CCC1CCCN(C(=O)CCc2cscn2)C1. The van der Waals surface area contributed by atoms with Gasteiger partial charge in [-0.25, -0.2) is 4.98 Å². The van der Waals surface area contributed by atoms with E-state index in [-0.39, 0.29) is 12.3 Å². The highest BCUT2D eigenvalue weighted by Crippen LogP contribution is 2.21. The number of aryl methyl sites for hydroxylation is 1. The average molecular weight is 296 g/mol. The molecule has 0 radical (unpaired) electrons. The van der Waals surface area contributed by atoms with Crippen LogP contribution in [0.5, 0.6) is 0 Å². The summed E-state index contributed by atoms with van der Waals surface area (Å²) in [6, 6.07) is 0. The predicted molar refractivity (Wildman–Crippen MR) is 76.6 cm³/mol. The maximum Gasteiger partial charge on any atom is 0.303 e. The lowest BCUT2D eigenvalue weighted by molar-refractivity contribution is -0.137. The number of carbonyl (C=O) groups is 2. The molecule has 1 N–H and O–H groups in total. The zero-order valence-electron chi connectivity index (χ0n) is 11.5. The van der Waals surface area contributed by atoms with E-state index < -0.39 is 5.97 Å². The number of amides is 1. The normalized spacial score (nSPS) is 19.0. The standard InChI is InChI=1S/C14H20N2O3S/c17-13(5-4-12-9-20-10-15-12)16-7-1-2-11(8-16)3-6-14(18)19/h9-11H,1-8H2,(H,18,19). The Hall–Kier alpha value is -1.43. The zero-order chi connectivity index (χ0) is 14.4. The third kappa shape index (κ3) is 4.59. The summed E-state index contributed by atoms with van der Waals surface area (Å²) in [5, 5.41) is 10.7. The van der Waals surface area contributed by atoms with Crippen molar-refractivity contribution >= 4 is 23.2 Å². The number of piperidine rings is 1. The van der Waals surface area contributed by atoms with Crippen LogP contribution >= 0.6 is 11.3 Å². The Bertz CT molecular complexity index is 447. The van der Waals surface area contributed by atoms with Crippen molar-refractivity contribution < 1.29 is 14.7 Å². The molecule has 0 bridgehead atoms. The highest BCUT2D eigenvalue weighted by Gasteiger charge is 2.23. The Balaban J connectivity index is 1.76. The first-order chi connectivity index (χ1) is 9.65. The van der Waals surface area contributed by atoms with Crippen molar-refractivity contribution in [3.8, 4) is 0 Å². The monoisotopic (exact) mass is 296 g/mol. The van der Waals surface area contributed by atoms with E-state index in [2.05, 4.69) is 4.98 Å². The molecule has 1 atom stereocenters. The first-order valence-corrected chi connectivity index (χ1v) is 7.96. The Morgan fingerprint density at radius 1 is 1.45 bits per heavy atom. The second-order valence-corrected chi connectivity index (χ2v) is 5.98. The quantitative estimate of drug-likeness (QED) is 0.873. The first-order valence-electron chi connectivity index (χ1n) is 7.02. The van der Waals surface area contributed by atoms with Crippen LogP contribution in [-0.2, 0) is 16.0 Å². The summed E-state index contributed by atoms with van der Waals surface area (Å²) in [6.45, 7) is 1.52. The summed E-state index contributed by atoms with van der Waals surface area (Å²) >= 11 is 1.54. The molecular weight excluding hydrogens is 276 g/mol. The maximum atomic E-state index is 12.2. The lowest BCUT2D eigenvalue weighted by Crippen LogP contribution is -2.40. The van der Waals surface area contributed by atoms with Gasteiger partial charge in [0.1, 0.15) is 0 Å². The van der Waals surface area contributed by atoms with Crippen molar-refractivity contribution in [2.75, 3.05) is 13.1 Å². The lowest BCUT2D eigenvalue weighted by atomic mass is 9.93. The molecule has 0 saturated carbocycles. The first kappa shape index (κ1) is 15.0. The topological polar surface area (TPSA) is 70.5 Å². The van der Waals surface area contributed by atoms with E-state index in [1.807, 2.05) is 10.3 Å². The highest BCUT2D eigenvalue weighted by molar-refractivity contribution is 7.07. The third-order valence-electron chi connectivity index (χ3n) is 3.72. The molecular formula is C14H20N2O3S. The van der Waals surface area contributed by atoms with E-state index in [9.17, 15) is 9.59 Å². The zero-order valence-corrected chi connectivity index (χ0v) is 12.3. The number of hydrogen-bond donors (Lipinski definition) is 1. The summed E-state index contributed by atoms with van der Waals surface area (Å²) in [5.74, 6) is -0.252. The Labute approximate surface area is 122 Å². The molecule has 0 aliphatic carbocycles. The van der Waals surface area contributed by atoms with Crippen LogP contribution in [0.2, 0.25) is 0 Å². The number of nitrogens with zero attached hydrogens (tertiary/aromatic N) is 2. The highest BCUT2D eigenvalue weighted by atomic mass is 32.1. The van der Waals surface area contributed by atoms with Crippen LogP contribution in [-0.4, -0.2) is 40.0 Å². The van der Waals surface area contributed by atoms with Gasteiger partial charge in [-0.05, 0) is 31.6 Å². The van der Waals surface area contributed by atoms with Crippen LogP contribution in [0.25, 0.3) is 0 Å². The molecule has 1 aromatic heterocycles. The predicted octanol–water partition coefficient (Wildman–Crippen LogP) is 2.18. The second kappa shape index (κ2) is 7.38. The van der Waals surface area contributed by atoms with Gasteiger partial charge in [-0.1, -0.05) is 0 Å². The molecule has 0 spiro atoms. The van der Waals surface area contributed by atoms with Gasteiger partial charge in [0, 0.05) is 31.3 Å². The van der Waals surface area contributed by atoms with Crippen molar-refractivity contribution in [1.29, 1.82) is 0 Å². The fourth-order valence-corrected chi connectivity index (χ4v) is 3.20. The van der Waals surface area contributed by atoms with Gasteiger partial charge in [0.2, 0.25) is 5.91 Å². The van der Waals surface area contributed by atoms with Gasteiger partial charge in [0.15, 0.2) is 0 Å². The number of aromatic nitrogens is 1. The minimum absolute atomic E-state index is 0.165. The molecule has 110 valence electrons. The largest absolute Gasteiger partial charge is 0.481 e. The molecule has 2 rings (SSSR count).